The second kappa shape index (κ2) is 16.5. The Morgan fingerprint density at radius 3 is 2.46 bits per heavy atom. The fraction of sp³-hybridized carbons (Fsp3) is 0.457. The Morgan fingerprint density at radius 1 is 0.951 bits per heavy atom. The second-order valence-electron chi connectivity index (χ2n) is 11.2. The summed E-state index contributed by atoms with van der Waals surface area (Å²) in [5.41, 5.74) is 4.95. The topological polar surface area (TPSA) is 54.3 Å². The average molecular weight is 577 g/mol. The smallest absolute Gasteiger partial charge is 0.119 e. The van der Waals surface area contributed by atoms with Crippen LogP contribution in [0.5, 0.6) is 5.75 Å². The Kier molecular flexibility index (Phi) is 12.5. The number of likely N-dealkylation sites (tertiary alicyclic amines) is 1. The van der Waals surface area contributed by atoms with Crippen molar-refractivity contribution in [3.63, 3.8) is 0 Å². The third-order valence-electron chi connectivity index (χ3n) is 7.92. The largest absolute Gasteiger partial charge is 0.493 e. The van der Waals surface area contributed by atoms with Crippen LogP contribution in [0.2, 0.25) is 5.02 Å². The maximum atomic E-state index is 10.7. The van der Waals surface area contributed by atoms with E-state index < -0.39 is 0 Å². The Hall–Kier alpha value is -2.86. The molecule has 1 saturated heterocycles. The molecule has 6 heteroatoms. The van der Waals surface area contributed by atoms with Crippen LogP contribution in [0.4, 0.5) is 0 Å². The zero-order valence-corrected chi connectivity index (χ0v) is 25.4. The maximum absolute atomic E-state index is 10.7. The first-order valence-electron chi connectivity index (χ1n) is 15.1. The van der Waals surface area contributed by atoms with E-state index in [1.54, 1.807) is 7.11 Å². The van der Waals surface area contributed by atoms with E-state index in [1.807, 2.05) is 48.5 Å². The molecule has 1 aliphatic heterocycles. The number of hydrogen-bond acceptors (Lipinski definition) is 5. The van der Waals surface area contributed by atoms with Gasteiger partial charge < -0.3 is 14.7 Å². The molecule has 0 radical (unpaired) electrons. The van der Waals surface area contributed by atoms with Gasteiger partial charge in [-0.1, -0.05) is 104 Å². The van der Waals surface area contributed by atoms with E-state index in [9.17, 15) is 5.11 Å². The summed E-state index contributed by atoms with van der Waals surface area (Å²) in [5, 5.41) is 15.6. The van der Waals surface area contributed by atoms with Gasteiger partial charge in [0, 0.05) is 22.7 Å². The Morgan fingerprint density at radius 2 is 1.71 bits per heavy atom. The van der Waals surface area contributed by atoms with Gasteiger partial charge in [0.05, 0.1) is 12.7 Å². The van der Waals surface area contributed by atoms with E-state index in [0.717, 1.165) is 73.5 Å². The van der Waals surface area contributed by atoms with Crippen LogP contribution < -0.4 is 4.74 Å². The lowest BCUT2D eigenvalue weighted by molar-refractivity contribution is 0.136. The van der Waals surface area contributed by atoms with Gasteiger partial charge in [0.25, 0.3) is 0 Å². The van der Waals surface area contributed by atoms with Gasteiger partial charge >= 0.3 is 0 Å². The van der Waals surface area contributed by atoms with Crippen LogP contribution in [0.15, 0.2) is 78.0 Å². The molecular formula is C35H45ClN2O3. The van der Waals surface area contributed by atoms with Gasteiger partial charge in [-0.15, -0.1) is 0 Å². The van der Waals surface area contributed by atoms with E-state index in [4.69, 9.17) is 21.2 Å². The SMILES string of the molecule is CCCCCCC[C@H](O)c1cccc(CN2CCC(COc3cccc(/C(=N/OC)c4ccc(Cl)cc4)c3)CC2)c1. The number of benzene rings is 3. The first-order chi connectivity index (χ1) is 20.1. The number of rotatable bonds is 15. The van der Waals surface area contributed by atoms with Gasteiger partial charge in [-0.2, -0.15) is 0 Å². The van der Waals surface area contributed by atoms with Gasteiger partial charge in [-0.05, 0) is 73.7 Å². The summed E-state index contributed by atoms with van der Waals surface area (Å²) < 4.78 is 6.26. The van der Waals surface area contributed by atoms with Gasteiger partial charge in [-0.25, -0.2) is 0 Å². The van der Waals surface area contributed by atoms with Crippen molar-refractivity contribution in [1.82, 2.24) is 4.90 Å². The van der Waals surface area contributed by atoms with E-state index in [1.165, 1.54) is 31.2 Å². The summed E-state index contributed by atoms with van der Waals surface area (Å²) in [6, 6.07) is 24.2. The quantitative estimate of drug-likeness (QED) is 0.112. The standard InChI is InChI=1S/C35H45ClN2O3/c1-3-4-5-6-7-14-34(39)30-11-8-10-28(23-30)25-38-21-19-27(20-22-38)26-41-33-13-9-12-31(24-33)35(37-40-2)29-15-17-32(36)18-16-29/h8-13,15-18,23-24,27,34,39H,3-7,14,19-22,25-26H2,1-2H3/b37-35+/t34-/m0/s1. The fourth-order valence-corrected chi connectivity index (χ4v) is 5.62. The minimum atomic E-state index is -0.360. The molecule has 1 fully saturated rings. The highest BCUT2D eigenvalue weighted by Gasteiger charge is 2.20. The summed E-state index contributed by atoms with van der Waals surface area (Å²) in [5.74, 6) is 1.36. The minimum Gasteiger partial charge on any atom is -0.493 e. The highest BCUT2D eigenvalue weighted by molar-refractivity contribution is 6.30. The highest BCUT2D eigenvalue weighted by Crippen LogP contribution is 2.25. The number of unbranched alkanes of at least 4 members (excludes halogenated alkanes) is 4. The molecule has 3 aromatic carbocycles. The molecule has 0 aromatic heterocycles. The summed E-state index contributed by atoms with van der Waals surface area (Å²) in [4.78, 5) is 7.65. The maximum Gasteiger partial charge on any atom is 0.119 e. The Balaban J connectivity index is 1.24. The first kappa shape index (κ1) is 31.1. The number of oxime groups is 1. The van der Waals surface area contributed by atoms with Crippen molar-refractivity contribution in [2.24, 2.45) is 11.1 Å². The van der Waals surface area contributed by atoms with Crippen molar-refractivity contribution in [2.45, 2.75) is 70.9 Å². The number of hydrogen-bond donors (Lipinski definition) is 1. The molecule has 5 nitrogen and oxygen atoms in total. The van der Waals surface area contributed by atoms with Gasteiger partial charge in [0.15, 0.2) is 0 Å². The number of nitrogens with zero attached hydrogens (tertiary/aromatic N) is 2. The summed E-state index contributed by atoms with van der Waals surface area (Å²) in [6.45, 7) is 5.98. The molecule has 0 spiro atoms. The van der Waals surface area contributed by atoms with Crippen molar-refractivity contribution < 1.29 is 14.7 Å². The molecule has 41 heavy (non-hydrogen) atoms. The molecule has 1 N–H and O–H groups in total. The van der Waals surface area contributed by atoms with E-state index in [0.29, 0.717) is 17.5 Å². The molecule has 1 heterocycles. The van der Waals surface area contributed by atoms with Crippen LogP contribution in [0.1, 0.15) is 86.6 Å². The lowest BCUT2D eigenvalue weighted by Gasteiger charge is -2.32. The lowest BCUT2D eigenvalue weighted by atomic mass is 9.96. The monoisotopic (exact) mass is 576 g/mol. The first-order valence-corrected chi connectivity index (χ1v) is 15.5. The van der Waals surface area contributed by atoms with E-state index >= 15 is 0 Å². The molecule has 1 atom stereocenters. The van der Waals surface area contributed by atoms with Crippen molar-refractivity contribution in [3.8, 4) is 5.75 Å². The Bertz CT molecular complexity index is 1220. The predicted octanol–water partition coefficient (Wildman–Crippen LogP) is 8.42. The second-order valence-corrected chi connectivity index (χ2v) is 11.6. The van der Waals surface area contributed by atoms with Gasteiger partial charge in [0.1, 0.15) is 18.6 Å². The molecule has 0 saturated carbocycles. The molecule has 3 aromatic rings. The molecule has 0 aliphatic carbocycles. The average Bonchev–Trinajstić information content (AvgIpc) is 3.00. The van der Waals surface area contributed by atoms with Crippen molar-refractivity contribution in [1.29, 1.82) is 0 Å². The molecule has 0 amide bonds. The third kappa shape index (κ3) is 9.88. The third-order valence-corrected chi connectivity index (χ3v) is 8.18. The minimum absolute atomic E-state index is 0.360. The molecule has 0 unspecified atom stereocenters. The summed E-state index contributed by atoms with van der Waals surface area (Å²) in [6.07, 6.45) is 8.83. The lowest BCUT2D eigenvalue weighted by Crippen LogP contribution is -2.35. The molecule has 220 valence electrons. The predicted molar refractivity (Wildman–Crippen MR) is 169 cm³/mol. The van der Waals surface area contributed by atoms with Crippen LogP contribution in [0, 0.1) is 5.92 Å². The molecule has 4 rings (SSSR count). The number of piperidine rings is 1. The normalized spacial score (nSPS) is 15.6. The number of aliphatic hydroxyl groups excluding tert-OH is 1. The number of aliphatic hydroxyl groups is 1. The zero-order valence-electron chi connectivity index (χ0n) is 24.6. The zero-order chi connectivity index (χ0) is 28.9. The van der Waals surface area contributed by atoms with E-state index in [2.05, 4.69) is 41.2 Å². The molecular weight excluding hydrogens is 532 g/mol. The summed E-state index contributed by atoms with van der Waals surface area (Å²) >= 11 is 6.07. The Labute approximate surface area is 251 Å². The molecule has 0 bridgehead atoms. The van der Waals surface area contributed by atoms with Crippen molar-refractivity contribution in [2.75, 3.05) is 26.8 Å². The van der Waals surface area contributed by atoms with Crippen LogP contribution >= 0.6 is 11.6 Å². The van der Waals surface area contributed by atoms with Gasteiger partial charge in [0.2, 0.25) is 0 Å². The molecule has 1 aliphatic rings. The van der Waals surface area contributed by atoms with Crippen LogP contribution in [-0.4, -0.2) is 42.5 Å². The van der Waals surface area contributed by atoms with Crippen LogP contribution in [-0.2, 0) is 11.4 Å². The van der Waals surface area contributed by atoms with Crippen molar-refractivity contribution in [3.05, 3.63) is 100 Å². The fourth-order valence-electron chi connectivity index (χ4n) is 5.49. The van der Waals surface area contributed by atoms with Crippen LogP contribution in [0.25, 0.3) is 0 Å². The number of ether oxygens (including phenoxy) is 1. The van der Waals surface area contributed by atoms with Gasteiger partial charge in [-0.3, -0.25) is 4.90 Å². The summed E-state index contributed by atoms with van der Waals surface area (Å²) in [7, 11) is 1.55. The van der Waals surface area contributed by atoms with Crippen molar-refractivity contribution >= 4 is 17.3 Å². The van der Waals surface area contributed by atoms with Crippen LogP contribution in [0.3, 0.4) is 0 Å². The number of halogens is 1. The van der Waals surface area contributed by atoms with E-state index in [-0.39, 0.29) is 6.10 Å². The highest BCUT2D eigenvalue weighted by atomic mass is 35.5.